The molecule has 0 heterocycles. The third kappa shape index (κ3) is 8.26. The molecule has 4 rings (SSSR count). The van der Waals surface area contributed by atoms with Crippen molar-refractivity contribution in [2.45, 2.75) is 26.5 Å². The molecule has 0 saturated carbocycles. The van der Waals surface area contributed by atoms with Crippen molar-refractivity contribution in [3.05, 3.63) is 54.6 Å². The topological polar surface area (TPSA) is 321 Å². The van der Waals surface area contributed by atoms with Crippen molar-refractivity contribution in [1.82, 2.24) is 0 Å². The number of azo groups is 2. The fourth-order valence-corrected chi connectivity index (χ4v) is 6.23. The number of rotatable bonds is 11. The van der Waals surface area contributed by atoms with E-state index in [2.05, 4.69) is 35.1 Å². The SMILES string of the molecule is CC(=O)Nc1ccc(/N=N/c2c(SOOO)cc3cc(S(=O)(=O)O)c(/N=N/c4ccc(S(=O)(=O)O)cc4)c(O)c3c2O)c(S(=O)(=O)O)c1. The number of aromatic hydroxyl groups is 2. The molecule has 24 heteroatoms. The maximum atomic E-state index is 12.3. The second-order valence-electron chi connectivity index (χ2n) is 9.15. The second kappa shape index (κ2) is 13.8. The van der Waals surface area contributed by atoms with Gasteiger partial charge in [0.25, 0.3) is 30.4 Å². The zero-order valence-corrected chi connectivity index (χ0v) is 26.7. The van der Waals surface area contributed by atoms with E-state index in [1.54, 1.807) is 0 Å². The third-order valence-corrected chi connectivity index (χ3v) is 9.14. The van der Waals surface area contributed by atoms with Gasteiger partial charge in [-0.1, -0.05) is 5.04 Å². The minimum Gasteiger partial charge on any atom is -0.505 e. The molecule has 254 valence electrons. The highest BCUT2D eigenvalue weighted by Gasteiger charge is 2.27. The Morgan fingerprint density at radius 1 is 0.750 bits per heavy atom. The Kier molecular flexibility index (Phi) is 10.4. The average Bonchev–Trinajstić information content (AvgIpc) is 2.97. The largest absolute Gasteiger partial charge is 0.505 e. The number of hydrogen-bond acceptors (Lipinski definition) is 17. The van der Waals surface area contributed by atoms with Gasteiger partial charge in [-0.05, 0) is 60.0 Å². The van der Waals surface area contributed by atoms with Gasteiger partial charge in [0.2, 0.25) is 5.91 Å². The lowest BCUT2D eigenvalue weighted by Gasteiger charge is -2.13. The molecule has 0 spiro atoms. The van der Waals surface area contributed by atoms with Crippen LogP contribution in [0.3, 0.4) is 0 Å². The lowest BCUT2D eigenvalue weighted by Crippen LogP contribution is -2.07. The van der Waals surface area contributed by atoms with Gasteiger partial charge in [-0.15, -0.1) is 19.7 Å². The molecule has 1 amide bonds. The molecular weight excluding hydrogens is 727 g/mol. The summed E-state index contributed by atoms with van der Waals surface area (Å²) < 4.78 is 104. The number of carbonyl (C=O) groups is 1. The predicted molar refractivity (Wildman–Crippen MR) is 163 cm³/mol. The minimum atomic E-state index is -5.17. The normalized spacial score (nSPS) is 12.7. The summed E-state index contributed by atoms with van der Waals surface area (Å²) >= 11 is 0.167. The van der Waals surface area contributed by atoms with Crippen LogP contribution in [0.5, 0.6) is 11.5 Å². The van der Waals surface area contributed by atoms with Crippen LogP contribution in [0, 0.1) is 0 Å². The summed E-state index contributed by atoms with van der Waals surface area (Å²) in [7, 11) is -14.7. The number of anilines is 1. The van der Waals surface area contributed by atoms with Crippen molar-refractivity contribution in [3.63, 3.8) is 0 Å². The number of carbonyl (C=O) groups excluding carboxylic acids is 1. The maximum Gasteiger partial charge on any atom is 0.296 e. The molecule has 0 aliphatic carbocycles. The number of phenolic OH excluding ortho intramolecular Hbond substituents is 2. The van der Waals surface area contributed by atoms with Gasteiger partial charge < -0.3 is 15.5 Å². The Hall–Kier alpha value is -4.63. The molecule has 0 saturated heterocycles. The van der Waals surface area contributed by atoms with E-state index in [0.29, 0.717) is 0 Å². The zero-order valence-electron chi connectivity index (χ0n) is 23.5. The Balaban J connectivity index is 1.94. The summed E-state index contributed by atoms with van der Waals surface area (Å²) in [6.07, 6.45) is 0. The summed E-state index contributed by atoms with van der Waals surface area (Å²) in [5, 5.41) is 50.8. The summed E-state index contributed by atoms with van der Waals surface area (Å²) in [5.41, 5.74) is -2.20. The lowest BCUT2D eigenvalue weighted by molar-refractivity contribution is -0.432. The van der Waals surface area contributed by atoms with Gasteiger partial charge in [0.15, 0.2) is 11.5 Å². The number of benzene rings is 4. The highest BCUT2D eigenvalue weighted by Crippen LogP contribution is 2.51. The van der Waals surface area contributed by atoms with Gasteiger partial charge in [-0.25, -0.2) is 5.26 Å². The fourth-order valence-electron chi connectivity index (χ4n) is 3.95. The number of nitrogens with zero attached hydrogens (tertiary/aromatic N) is 4. The first-order chi connectivity index (χ1) is 22.3. The van der Waals surface area contributed by atoms with E-state index in [0.717, 1.165) is 55.5 Å². The fraction of sp³-hybridized carbons (Fsp3) is 0.0417. The number of phenols is 2. The van der Waals surface area contributed by atoms with Gasteiger partial charge in [0.05, 0.1) is 32.9 Å². The molecule has 0 aliphatic rings. The van der Waals surface area contributed by atoms with Crippen molar-refractivity contribution in [1.29, 1.82) is 0 Å². The van der Waals surface area contributed by atoms with Crippen LogP contribution in [-0.4, -0.2) is 60.3 Å². The molecular formula is C24H19N5O15S4. The number of hydrogen-bond donors (Lipinski definition) is 7. The molecule has 0 radical (unpaired) electrons. The second-order valence-corrected chi connectivity index (χ2v) is 14.1. The van der Waals surface area contributed by atoms with Crippen LogP contribution in [0.25, 0.3) is 10.8 Å². The molecule has 48 heavy (non-hydrogen) atoms. The summed E-state index contributed by atoms with van der Waals surface area (Å²) in [6, 6.07) is 8.87. The van der Waals surface area contributed by atoms with Crippen LogP contribution >= 0.6 is 12.0 Å². The first-order valence-corrected chi connectivity index (χ1v) is 17.4. The first kappa shape index (κ1) is 36.2. The number of fused-ring (bicyclic) bond motifs is 1. The number of amides is 1. The van der Waals surface area contributed by atoms with Crippen molar-refractivity contribution in [3.8, 4) is 11.5 Å². The van der Waals surface area contributed by atoms with Crippen LogP contribution in [0.15, 0.2) is 94.6 Å². The van der Waals surface area contributed by atoms with Crippen LogP contribution in [0.2, 0.25) is 0 Å². The molecule has 7 N–H and O–H groups in total. The quantitative estimate of drug-likeness (QED) is 0.0340. The van der Waals surface area contributed by atoms with E-state index in [4.69, 9.17) is 9.81 Å². The summed E-state index contributed by atoms with van der Waals surface area (Å²) in [4.78, 5) is 8.72. The van der Waals surface area contributed by atoms with Crippen molar-refractivity contribution in [2.75, 3.05) is 5.32 Å². The standard InChI is InChI=1S/C24H19N5O15S4/c1-11(30)25-14-4-7-16(18(10-14)47(37,38)39)27-28-21-17(45-44-43-33)8-12-9-19(48(40,41)42)22(24(32)20(12)23(21)31)29-26-13-2-5-15(6-3-13)46(34,35)36/h2-10,31-33H,1H3,(H,25,30)(H,34,35,36)(H,37,38,39)(H,40,41,42)/b28-27+,29-26+. The molecule has 0 fully saturated rings. The monoisotopic (exact) mass is 745 g/mol. The molecule has 0 unspecified atom stereocenters. The summed E-state index contributed by atoms with van der Waals surface area (Å²) in [5.74, 6) is -2.64. The molecule has 4 aromatic rings. The van der Waals surface area contributed by atoms with E-state index in [9.17, 15) is 49.4 Å². The first-order valence-electron chi connectivity index (χ1n) is 12.3. The van der Waals surface area contributed by atoms with Gasteiger partial charge in [0, 0.05) is 12.6 Å². The van der Waals surface area contributed by atoms with Crippen molar-refractivity contribution >= 4 is 87.5 Å². The Labute approximate surface area is 273 Å². The molecule has 20 nitrogen and oxygen atoms in total. The summed E-state index contributed by atoms with van der Waals surface area (Å²) in [6.45, 7) is 1.14. The maximum absolute atomic E-state index is 12.3. The van der Waals surface area contributed by atoms with Crippen molar-refractivity contribution < 1.29 is 68.5 Å². The Morgan fingerprint density at radius 3 is 1.92 bits per heavy atom. The van der Waals surface area contributed by atoms with E-state index in [1.807, 2.05) is 0 Å². The molecule has 0 aromatic heterocycles. The van der Waals surface area contributed by atoms with E-state index >= 15 is 0 Å². The van der Waals surface area contributed by atoms with Crippen molar-refractivity contribution in [2.24, 2.45) is 20.5 Å². The highest BCUT2D eigenvalue weighted by atomic mass is 32.2. The van der Waals surface area contributed by atoms with E-state index in [1.165, 1.54) is 6.07 Å². The van der Waals surface area contributed by atoms with E-state index in [-0.39, 0.29) is 33.7 Å². The van der Waals surface area contributed by atoms with Gasteiger partial charge in [-0.3, -0.25) is 18.5 Å². The van der Waals surface area contributed by atoms with Gasteiger partial charge >= 0.3 is 0 Å². The highest BCUT2D eigenvalue weighted by molar-refractivity contribution is 7.94. The lowest BCUT2D eigenvalue weighted by atomic mass is 10.1. The molecule has 0 atom stereocenters. The molecule has 0 bridgehead atoms. The Morgan fingerprint density at radius 2 is 1.35 bits per heavy atom. The number of nitrogens with one attached hydrogen (secondary N) is 1. The predicted octanol–water partition coefficient (Wildman–Crippen LogP) is 5.21. The van der Waals surface area contributed by atoms with Gasteiger partial charge in [-0.2, -0.15) is 30.4 Å². The third-order valence-electron chi connectivity index (χ3n) is 5.90. The van der Waals surface area contributed by atoms with Crippen LogP contribution < -0.4 is 5.32 Å². The smallest absolute Gasteiger partial charge is 0.296 e. The molecule has 0 aliphatic heterocycles. The van der Waals surface area contributed by atoms with Crippen LogP contribution in [-0.2, 0) is 44.5 Å². The van der Waals surface area contributed by atoms with Crippen LogP contribution in [0.4, 0.5) is 28.4 Å². The Bertz CT molecular complexity index is 2330. The van der Waals surface area contributed by atoms with Gasteiger partial charge in [0.1, 0.15) is 26.9 Å². The zero-order chi connectivity index (χ0) is 35.6. The average molecular weight is 746 g/mol. The minimum absolute atomic E-state index is 0.0389. The van der Waals surface area contributed by atoms with Crippen LogP contribution in [0.1, 0.15) is 6.92 Å². The van der Waals surface area contributed by atoms with E-state index < -0.39 is 84.9 Å². The molecule has 4 aromatic carbocycles.